The molecular formula is C13H26O5. The lowest BCUT2D eigenvalue weighted by molar-refractivity contribution is -0.180. The molecule has 5 heteroatoms. The molecule has 0 heterocycles. The smallest absolute Gasteiger partial charge is 0.0704 e. The van der Waals surface area contributed by atoms with Crippen LogP contribution in [0.1, 0.15) is 20.3 Å². The molecule has 1 aliphatic rings. The van der Waals surface area contributed by atoms with E-state index in [1.807, 2.05) is 13.8 Å². The van der Waals surface area contributed by atoms with Crippen molar-refractivity contribution in [1.29, 1.82) is 0 Å². The standard InChI is InChI=1S/C13H26O5/c1-13(2)11(14)10-12(13)18-9-8-17-7-6-16-5-4-15-3/h11-12,14H,4-10H2,1-3H3. The van der Waals surface area contributed by atoms with Gasteiger partial charge in [0.2, 0.25) is 0 Å². The van der Waals surface area contributed by atoms with Gasteiger partial charge in [-0.15, -0.1) is 0 Å². The third-order valence-electron chi connectivity index (χ3n) is 3.48. The molecule has 1 saturated carbocycles. The van der Waals surface area contributed by atoms with Crippen molar-refractivity contribution in [1.82, 2.24) is 0 Å². The Labute approximate surface area is 109 Å². The largest absolute Gasteiger partial charge is 0.392 e. The van der Waals surface area contributed by atoms with Gasteiger partial charge in [0.05, 0.1) is 51.8 Å². The van der Waals surface area contributed by atoms with E-state index in [2.05, 4.69) is 0 Å². The highest BCUT2D eigenvalue weighted by Crippen LogP contribution is 2.42. The fraction of sp³-hybridized carbons (Fsp3) is 1.00. The fourth-order valence-electron chi connectivity index (χ4n) is 1.86. The predicted octanol–water partition coefficient (Wildman–Crippen LogP) is 0.842. The zero-order chi connectivity index (χ0) is 13.4. The number of hydrogen-bond acceptors (Lipinski definition) is 5. The van der Waals surface area contributed by atoms with Crippen LogP contribution >= 0.6 is 0 Å². The molecule has 0 aliphatic heterocycles. The van der Waals surface area contributed by atoms with E-state index in [1.165, 1.54) is 0 Å². The van der Waals surface area contributed by atoms with Gasteiger partial charge < -0.3 is 24.1 Å². The second kappa shape index (κ2) is 8.07. The van der Waals surface area contributed by atoms with Crippen molar-refractivity contribution in [2.24, 2.45) is 5.41 Å². The number of rotatable bonds is 10. The summed E-state index contributed by atoms with van der Waals surface area (Å²) in [7, 11) is 1.65. The summed E-state index contributed by atoms with van der Waals surface area (Å²) in [5.74, 6) is 0. The van der Waals surface area contributed by atoms with Gasteiger partial charge >= 0.3 is 0 Å². The molecule has 1 N–H and O–H groups in total. The second-order valence-corrected chi connectivity index (χ2v) is 5.15. The zero-order valence-corrected chi connectivity index (χ0v) is 11.7. The van der Waals surface area contributed by atoms with Gasteiger partial charge in [-0.05, 0) is 0 Å². The van der Waals surface area contributed by atoms with E-state index in [9.17, 15) is 5.11 Å². The number of ether oxygens (including phenoxy) is 4. The highest BCUT2D eigenvalue weighted by molar-refractivity contribution is 4.98. The van der Waals surface area contributed by atoms with Crippen molar-refractivity contribution in [3.05, 3.63) is 0 Å². The molecule has 0 amide bonds. The van der Waals surface area contributed by atoms with Gasteiger partial charge in [0.25, 0.3) is 0 Å². The summed E-state index contributed by atoms with van der Waals surface area (Å²) in [5, 5.41) is 9.55. The average molecular weight is 262 g/mol. The Hall–Kier alpha value is -0.200. The maximum absolute atomic E-state index is 9.55. The maximum Gasteiger partial charge on any atom is 0.0704 e. The fourth-order valence-corrected chi connectivity index (χ4v) is 1.86. The van der Waals surface area contributed by atoms with Gasteiger partial charge in [0, 0.05) is 18.9 Å². The van der Waals surface area contributed by atoms with E-state index in [1.54, 1.807) is 7.11 Å². The highest BCUT2D eigenvalue weighted by Gasteiger charge is 2.48. The van der Waals surface area contributed by atoms with E-state index < -0.39 is 0 Å². The van der Waals surface area contributed by atoms with Crippen LogP contribution in [0.3, 0.4) is 0 Å². The van der Waals surface area contributed by atoms with Crippen LogP contribution in [-0.4, -0.2) is 64.1 Å². The molecule has 5 nitrogen and oxygen atoms in total. The molecule has 2 unspecified atom stereocenters. The number of hydrogen-bond donors (Lipinski definition) is 1. The second-order valence-electron chi connectivity index (χ2n) is 5.15. The lowest BCUT2D eigenvalue weighted by Gasteiger charge is -2.48. The maximum atomic E-state index is 9.55. The molecule has 0 aromatic heterocycles. The van der Waals surface area contributed by atoms with Crippen molar-refractivity contribution in [3.63, 3.8) is 0 Å². The van der Waals surface area contributed by atoms with Gasteiger partial charge in [0.15, 0.2) is 0 Å². The normalized spacial score (nSPS) is 26.0. The first-order valence-electron chi connectivity index (χ1n) is 6.53. The van der Waals surface area contributed by atoms with E-state index in [0.29, 0.717) is 39.6 Å². The Morgan fingerprint density at radius 2 is 1.56 bits per heavy atom. The van der Waals surface area contributed by atoms with Crippen LogP contribution < -0.4 is 0 Å². The zero-order valence-electron chi connectivity index (χ0n) is 11.7. The van der Waals surface area contributed by atoms with E-state index in [4.69, 9.17) is 18.9 Å². The van der Waals surface area contributed by atoms with Gasteiger partial charge in [-0.3, -0.25) is 0 Å². The Morgan fingerprint density at radius 3 is 2.06 bits per heavy atom. The first kappa shape index (κ1) is 15.9. The topological polar surface area (TPSA) is 57.2 Å². The van der Waals surface area contributed by atoms with Crippen molar-refractivity contribution in [2.75, 3.05) is 46.8 Å². The molecule has 108 valence electrons. The number of aliphatic hydroxyl groups is 1. The lowest BCUT2D eigenvalue weighted by atomic mass is 9.66. The Balaban J connectivity index is 1.85. The third kappa shape index (κ3) is 4.82. The highest BCUT2D eigenvalue weighted by atomic mass is 16.6. The third-order valence-corrected chi connectivity index (χ3v) is 3.48. The summed E-state index contributed by atoms with van der Waals surface area (Å²) in [6.45, 7) is 7.55. The molecule has 1 rings (SSSR count). The van der Waals surface area contributed by atoms with Crippen LogP contribution in [-0.2, 0) is 18.9 Å². The number of aliphatic hydroxyl groups excluding tert-OH is 1. The predicted molar refractivity (Wildman–Crippen MR) is 67.7 cm³/mol. The summed E-state index contributed by atoms with van der Waals surface area (Å²) in [4.78, 5) is 0. The van der Waals surface area contributed by atoms with Crippen molar-refractivity contribution in [2.45, 2.75) is 32.5 Å². The molecule has 2 atom stereocenters. The molecule has 1 fully saturated rings. The van der Waals surface area contributed by atoms with E-state index >= 15 is 0 Å². The van der Waals surface area contributed by atoms with Crippen LogP contribution in [0.4, 0.5) is 0 Å². The van der Waals surface area contributed by atoms with Crippen molar-refractivity contribution >= 4 is 0 Å². The molecule has 18 heavy (non-hydrogen) atoms. The summed E-state index contributed by atoms with van der Waals surface area (Å²) in [5.41, 5.74) is -0.122. The Morgan fingerprint density at radius 1 is 1.00 bits per heavy atom. The molecule has 0 spiro atoms. The summed E-state index contributed by atoms with van der Waals surface area (Å²) in [6.07, 6.45) is 0.638. The molecule has 0 aromatic carbocycles. The van der Waals surface area contributed by atoms with Crippen LogP contribution in [0.2, 0.25) is 0 Å². The Bertz CT molecular complexity index is 219. The summed E-state index contributed by atoms with van der Waals surface area (Å²) < 4.78 is 21.1. The molecule has 0 bridgehead atoms. The van der Waals surface area contributed by atoms with Crippen LogP contribution in [0.5, 0.6) is 0 Å². The minimum Gasteiger partial charge on any atom is -0.392 e. The molecule has 1 aliphatic carbocycles. The first-order valence-corrected chi connectivity index (χ1v) is 6.53. The average Bonchev–Trinajstić information content (AvgIpc) is 2.35. The van der Waals surface area contributed by atoms with Crippen molar-refractivity contribution < 1.29 is 24.1 Å². The van der Waals surface area contributed by atoms with Crippen molar-refractivity contribution in [3.8, 4) is 0 Å². The number of methoxy groups -OCH3 is 1. The molecular weight excluding hydrogens is 236 g/mol. The minimum absolute atomic E-state index is 0.122. The van der Waals surface area contributed by atoms with Gasteiger partial charge in [-0.1, -0.05) is 13.8 Å². The molecule has 0 radical (unpaired) electrons. The molecule has 0 aromatic rings. The SMILES string of the molecule is COCCOCCOCCOC1CC(O)C1(C)C. The van der Waals surface area contributed by atoms with E-state index in [0.717, 1.165) is 6.42 Å². The first-order chi connectivity index (χ1) is 8.59. The van der Waals surface area contributed by atoms with Gasteiger partial charge in [-0.2, -0.15) is 0 Å². The summed E-state index contributed by atoms with van der Waals surface area (Å²) in [6, 6.07) is 0. The minimum atomic E-state index is -0.238. The van der Waals surface area contributed by atoms with Crippen LogP contribution in [0.25, 0.3) is 0 Å². The Kier molecular flexibility index (Phi) is 7.11. The monoisotopic (exact) mass is 262 g/mol. The van der Waals surface area contributed by atoms with E-state index in [-0.39, 0.29) is 17.6 Å². The summed E-state index contributed by atoms with van der Waals surface area (Å²) >= 11 is 0. The van der Waals surface area contributed by atoms with Crippen LogP contribution in [0.15, 0.2) is 0 Å². The van der Waals surface area contributed by atoms with Gasteiger partial charge in [0.1, 0.15) is 0 Å². The van der Waals surface area contributed by atoms with Gasteiger partial charge in [-0.25, -0.2) is 0 Å². The molecule has 0 saturated heterocycles. The quantitative estimate of drug-likeness (QED) is 0.591. The lowest BCUT2D eigenvalue weighted by Crippen LogP contribution is -2.54. The van der Waals surface area contributed by atoms with Crippen LogP contribution in [0, 0.1) is 5.41 Å².